The second-order valence-corrected chi connectivity index (χ2v) is 9.66. The van der Waals surface area contributed by atoms with E-state index in [0.29, 0.717) is 23.6 Å². The average Bonchev–Trinajstić information content (AvgIpc) is 2.78. The van der Waals surface area contributed by atoms with Gasteiger partial charge in [-0.25, -0.2) is 0 Å². The van der Waals surface area contributed by atoms with Crippen LogP contribution in [0.4, 0.5) is 5.69 Å². The molecule has 8 heteroatoms. The monoisotopic (exact) mass is 465 g/mol. The Hall–Kier alpha value is -3.13. The molecule has 0 radical (unpaired) electrons. The Morgan fingerprint density at radius 2 is 1.76 bits per heavy atom. The zero-order chi connectivity index (χ0) is 24.0. The van der Waals surface area contributed by atoms with Gasteiger partial charge in [0.2, 0.25) is 5.16 Å². The van der Waals surface area contributed by atoms with Crippen molar-refractivity contribution in [2.45, 2.75) is 51.2 Å². The third kappa shape index (κ3) is 6.22. The lowest BCUT2D eigenvalue weighted by molar-refractivity contribution is 0.304. The molecule has 0 spiro atoms. The zero-order valence-electron chi connectivity index (χ0n) is 20.0. The van der Waals surface area contributed by atoms with Gasteiger partial charge in [0.1, 0.15) is 11.4 Å². The Kier molecular flexibility index (Phi) is 7.92. The number of rotatable bonds is 8. The largest absolute Gasteiger partial charge is 0.473 e. The number of anilines is 1. The number of nitrogens with zero attached hydrogens (tertiary/aromatic N) is 5. The fourth-order valence-corrected chi connectivity index (χ4v) is 3.55. The molecule has 0 bridgehead atoms. The first-order valence-electron chi connectivity index (χ1n) is 10.8. The summed E-state index contributed by atoms with van der Waals surface area (Å²) in [6.07, 6.45) is 3.48. The summed E-state index contributed by atoms with van der Waals surface area (Å²) in [5, 5.41) is 13.1. The van der Waals surface area contributed by atoms with Crippen LogP contribution in [0.5, 0.6) is 5.75 Å². The molecule has 0 aliphatic heterocycles. The van der Waals surface area contributed by atoms with Crippen molar-refractivity contribution in [2.75, 3.05) is 17.9 Å². The van der Waals surface area contributed by atoms with Gasteiger partial charge in [-0.2, -0.15) is 9.78 Å². The molecular weight excluding hydrogens is 434 g/mol. The quantitative estimate of drug-likeness (QED) is 0.271. The summed E-state index contributed by atoms with van der Waals surface area (Å²) < 4.78 is 7.32. The van der Waals surface area contributed by atoms with Crippen LogP contribution in [0.3, 0.4) is 0 Å². The molecule has 7 nitrogen and oxygen atoms in total. The predicted octanol–water partition coefficient (Wildman–Crippen LogP) is 4.79. The smallest absolute Gasteiger partial charge is 0.297 e. The molecule has 0 N–H and O–H groups in total. The standard InChI is InChI=1S/C25H31N5O2S/c1-18(2)29(20-10-8-7-9-11-20)17-32-21-14-12-19(13-15-21)16-26-30-23(31)22(25(3,4)5)27-28-24(30)33-6/h7-16,18H,17H2,1-6H3. The van der Waals surface area contributed by atoms with Crippen molar-refractivity contribution >= 4 is 23.7 Å². The Labute approximate surface area is 199 Å². The summed E-state index contributed by atoms with van der Waals surface area (Å²) in [6.45, 7) is 10.5. The van der Waals surface area contributed by atoms with Gasteiger partial charge < -0.3 is 9.64 Å². The van der Waals surface area contributed by atoms with E-state index in [9.17, 15) is 4.79 Å². The van der Waals surface area contributed by atoms with Crippen molar-refractivity contribution in [3.8, 4) is 5.75 Å². The number of para-hydroxylation sites is 1. The van der Waals surface area contributed by atoms with Crippen LogP contribution < -0.4 is 15.2 Å². The SMILES string of the molecule is CSc1nnc(C(C)(C)C)c(=O)n1N=Cc1ccc(OCN(c2ccccc2)C(C)C)cc1. The predicted molar refractivity (Wildman–Crippen MR) is 136 cm³/mol. The molecule has 3 rings (SSSR count). The van der Waals surface area contributed by atoms with Gasteiger partial charge in [-0.05, 0) is 62.1 Å². The second kappa shape index (κ2) is 10.7. The molecule has 0 aliphatic rings. The van der Waals surface area contributed by atoms with Crippen LogP contribution in [0.2, 0.25) is 0 Å². The van der Waals surface area contributed by atoms with Gasteiger partial charge in [0.15, 0.2) is 6.73 Å². The zero-order valence-corrected chi connectivity index (χ0v) is 20.8. The molecule has 33 heavy (non-hydrogen) atoms. The van der Waals surface area contributed by atoms with Gasteiger partial charge in [0.25, 0.3) is 5.56 Å². The Bertz CT molecular complexity index is 1140. The van der Waals surface area contributed by atoms with E-state index < -0.39 is 5.41 Å². The molecule has 3 aromatic rings. The average molecular weight is 466 g/mol. The number of ether oxygens (including phenoxy) is 1. The molecule has 0 saturated carbocycles. The minimum atomic E-state index is -0.416. The summed E-state index contributed by atoms with van der Waals surface area (Å²) in [4.78, 5) is 15.1. The lowest BCUT2D eigenvalue weighted by Gasteiger charge is -2.28. The van der Waals surface area contributed by atoms with E-state index >= 15 is 0 Å². The Balaban J connectivity index is 1.74. The van der Waals surface area contributed by atoms with E-state index in [1.54, 1.807) is 6.21 Å². The van der Waals surface area contributed by atoms with Crippen LogP contribution in [-0.4, -0.2) is 40.1 Å². The van der Waals surface area contributed by atoms with Crippen molar-refractivity contribution in [3.63, 3.8) is 0 Å². The summed E-state index contributed by atoms with van der Waals surface area (Å²) >= 11 is 1.33. The summed E-state index contributed by atoms with van der Waals surface area (Å²) in [7, 11) is 0. The maximum atomic E-state index is 12.9. The lowest BCUT2D eigenvalue weighted by Crippen LogP contribution is -2.34. The topological polar surface area (TPSA) is 72.6 Å². The van der Waals surface area contributed by atoms with Gasteiger partial charge in [-0.3, -0.25) is 4.79 Å². The molecule has 2 aromatic carbocycles. The van der Waals surface area contributed by atoms with Crippen LogP contribution in [-0.2, 0) is 5.41 Å². The van der Waals surface area contributed by atoms with Crippen molar-refractivity contribution in [1.82, 2.24) is 14.9 Å². The molecule has 0 saturated heterocycles. The van der Waals surface area contributed by atoms with E-state index in [0.717, 1.165) is 17.0 Å². The highest BCUT2D eigenvalue weighted by atomic mass is 32.2. The molecule has 0 unspecified atom stereocenters. The van der Waals surface area contributed by atoms with E-state index in [-0.39, 0.29) is 5.56 Å². The van der Waals surface area contributed by atoms with Gasteiger partial charge in [-0.15, -0.1) is 10.2 Å². The third-order valence-corrected chi connectivity index (χ3v) is 5.61. The minimum absolute atomic E-state index is 0.257. The molecule has 0 atom stereocenters. The van der Waals surface area contributed by atoms with Crippen molar-refractivity contribution in [1.29, 1.82) is 0 Å². The number of thioether (sulfide) groups is 1. The number of benzene rings is 2. The van der Waals surface area contributed by atoms with Gasteiger partial charge in [0, 0.05) is 17.1 Å². The highest BCUT2D eigenvalue weighted by molar-refractivity contribution is 7.98. The minimum Gasteiger partial charge on any atom is -0.473 e. The first-order chi connectivity index (χ1) is 15.7. The highest BCUT2D eigenvalue weighted by Crippen LogP contribution is 2.19. The van der Waals surface area contributed by atoms with E-state index in [4.69, 9.17) is 4.74 Å². The Morgan fingerprint density at radius 1 is 1.09 bits per heavy atom. The molecule has 0 amide bonds. The van der Waals surface area contributed by atoms with E-state index in [1.807, 2.05) is 69.5 Å². The van der Waals surface area contributed by atoms with Crippen molar-refractivity contribution in [3.05, 3.63) is 76.2 Å². The highest BCUT2D eigenvalue weighted by Gasteiger charge is 2.23. The molecule has 174 valence electrons. The van der Waals surface area contributed by atoms with Crippen LogP contribution >= 0.6 is 11.8 Å². The van der Waals surface area contributed by atoms with Crippen LogP contribution in [0.15, 0.2) is 69.6 Å². The number of hydrogen-bond acceptors (Lipinski definition) is 7. The fraction of sp³-hybridized carbons (Fsp3) is 0.360. The lowest BCUT2D eigenvalue weighted by atomic mass is 9.93. The molecule has 0 fully saturated rings. The van der Waals surface area contributed by atoms with Gasteiger partial charge in [-0.1, -0.05) is 50.7 Å². The first-order valence-corrected chi connectivity index (χ1v) is 12.1. The fourth-order valence-electron chi connectivity index (χ4n) is 3.12. The molecule has 1 heterocycles. The molecule has 1 aromatic heterocycles. The summed E-state index contributed by atoms with van der Waals surface area (Å²) in [5.74, 6) is 0.760. The van der Waals surface area contributed by atoms with Crippen molar-refractivity contribution < 1.29 is 4.74 Å². The summed E-state index contributed by atoms with van der Waals surface area (Å²) in [6, 6.07) is 18.1. The van der Waals surface area contributed by atoms with Crippen LogP contribution in [0, 0.1) is 0 Å². The van der Waals surface area contributed by atoms with Gasteiger partial charge >= 0.3 is 0 Å². The van der Waals surface area contributed by atoms with E-state index in [1.165, 1.54) is 16.4 Å². The maximum absolute atomic E-state index is 12.9. The second-order valence-electron chi connectivity index (χ2n) is 8.89. The number of hydrogen-bond donors (Lipinski definition) is 0. The summed E-state index contributed by atoms with van der Waals surface area (Å²) in [5.41, 5.74) is 1.68. The third-order valence-electron chi connectivity index (χ3n) is 4.99. The first kappa shape index (κ1) is 24.5. The maximum Gasteiger partial charge on any atom is 0.297 e. The van der Waals surface area contributed by atoms with Crippen LogP contribution in [0.1, 0.15) is 45.9 Å². The Morgan fingerprint density at radius 3 is 2.33 bits per heavy atom. The molecule has 0 aliphatic carbocycles. The van der Waals surface area contributed by atoms with Crippen molar-refractivity contribution in [2.24, 2.45) is 5.10 Å². The number of aromatic nitrogens is 3. The van der Waals surface area contributed by atoms with Gasteiger partial charge in [0.05, 0.1) is 6.21 Å². The van der Waals surface area contributed by atoms with Crippen LogP contribution in [0.25, 0.3) is 0 Å². The normalized spacial score (nSPS) is 11.8. The van der Waals surface area contributed by atoms with E-state index in [2.05, 4.69) is 46.2 Å². The molecular formula is C25H31N5O2S.